The summed E-state index contributed by atoms with van der Waals surface area (Å²) in [5.74, 6) is -1.62. The largest absolute Gasteiger partial charge is 0.481 e. The van der Waals surface area contributed by atoms with E-state index >= 15 is 0 Å². The molecule has 39 heavy (non-hydrogen) atoms. The van der Waals surface area contributed by atoms with E-state index in [0.717, 1.165) is 5.56 Å². The molecule has 204 valence electrons. The van der Waals surface area contributed by atoms with E-state index in [1.165, 1.54) is 0 Å². The third kappa shape index (κ3) is 8.27. The number of aromatic nitrogens is 1. The molecular formula is C29H32N4O6. The number of pyridine rings is 1. The molecule has 10 nitrogen and oxygen atoms in total. The molecule has 0 spiro atoms. The van der Waals surface area contributed by atoms with Gasteiger partial charge in [-0.15, -0.1) is 0 Å². The van der Waals surface area contributed by atoms with Crippen molar-refractivity contribution in [1.29, 1.82) is 0 Å². The van der Waals surface area contributed by atoms with E-state index in [9.17, 15) is 19.5 Å². The number of nitrogens with zero attached hydrogens (tertiary/aromatic N) is 2. The average molecular weight is 533 g/mol. The summed E-state index contributed by atoms with van der Waals surface area (Å²) in [6.07, 6.45) is 1.32. The number of hydrogen-bond donors (Lipinski definition) is 3. The van der Waals surface area contributed by atoms with Gasteiger partial charge < -0.3 is 30.1 Å². The van der Waals surface area contributed by atoms with Crippen LogP contribution in [0.4, 0.5) is 10.6 Å². The van der Waals surface area contributed by atoms with Crippen molar-refractivity contribution in [2.75, 3.05) is 31.6 Å². The molecule has 3 aromatic rings. The molecule has 2 aromatic carbocycles. The lowest BCUT2D eigenvalue weighted by molar-refractivity contribution is -0.138. The molecule has 3 N–H and O–H groups in total. The van der Waals surface area contributed by atoms with Crippen LogP contribution in [0, 0.1) is 0 Å². The van der Waals surface area contributed by atoms with Gasteiger partial charge in [-0.3, -0.25) is 9.59 Å². The number of benzene rings is 2. The normalized spacial score (nSPS) is 17.3. The Hall–Kier alpha value is -4.44. The van der Waals surface area contributed by atoms with Crippen molar-refractivity contribution < 1.29 is 29.0 Å². The summed E-state index contributed by atoms with van der Waals surface area (Å²) in [6.45, 7) is 0.536. The van der Waals surface area contributed by atoms with E-state index in [1.807, 2.05) is 48.5 Å². The van der Waals surface area contributed by atoms with Gasteiger partial charge in [0, 0.05) is 19.3 Å². The molecule has 0 saturated carbocycles. The highest BCUT2D eigenvalue weighted by atomic mass is 16.6. The van der Waals surface area contributed by atoms with Gasteiger partial charge in [-0.1, -0.05) is 66.7 Å². The minimum absolute atomic E-state index is 0.0548. The molecule has 0 aliphatic carbocycles. The van der Waals surface area contributed by atoms with Crippen LogP contribution in [0.15, 0.2) is 85.1 Å². The number of rotatable bonds is 12. The van der Waals surface area contributed by atoms with E-state index in [0.29, 0.717) is 24.3 Å². The van der Waals surface area contributed by atoms with Crippen LogP contribution in [0.2, 0.25) is 0 Å². The lowest BCUT2D eigenvalue weighted by Crippen LogP contribution is -2.40. The van der Waals surface area contributed by atoms with Gasteiger partial charge in [-0.05, 0) is 29.7 Å². The van der Waals surface area contributed by atoms with Crippen molar-refractivity contribution in [3.63, 3.8) is 0 Å². The summed E-state index contributed by atoms with van der Waals surface area (Å²) in [7, 11) is 0. The first-order valence-corrected chi connectivity index (χ1v) is 12.8. The van der Waals surface area contributed by atoms with Crippen molar-refractivity contribution in [1.82, 2.24) is 15.2 Å². The minimum atomic E-state index is -1.02. The predicted molar refractivity (Wildman–Crippen MR) is 144 cm³/mol. The minimum Gasteiger partial charge on any atom is -0.481 e. The summed E-state index contributed by atoms with van der Waals surface area (Å²) in [6, 6.07) is 23.5. The van der Waals surface area contributed by atoms with Crippen molar-refractivity contribution in [2.24, 2.45) is 0 Å². The zero-order valence-electron chi connectivity index (χ0n) is 21.4. The molecule has 1 aliphatic rings. The predicted octanol–water partition coefficient (Wildman–Crippen LogP) is 3.27. The Bertz CT molecular complexity index is 1210. The maximum Gasteiger partial charge on any atom is 0.410 e. The number of anilines is 1. The molecule has 1 aromatic heterocycles. The number of likely N-dealkylation sites (tertiary alicyclic amines) is 1. The van der Waals surface area contributed by atoms with Gasteiger partial charge in [-0.25, -0.2) is 9.78 Å². The monoisotopic (exact) mass is 532 g/mol. The van der Waals surface area contributed by atoms with Gasteiger partial charge in [0.05, 0.1) is 24.6 Å². The number of amides is 2. The smallest absolute Gasteiger partial charge is 0.410 e. The maximum absolute atomic E-state index is 13.0. The second-order valence-corrected chi connectivity index (χ2v) is 9.22. The van der Waals surface area contributed by atoms with Crippen LogP contribution in [0.5, 0.6) is 0 Å². The van der Waals surface area contributed by atoms with E-state index in [-0.39, 0.29) is 38.4 Å². The highest BCUT2D eigenvalue weighted by Gasteiger charge is 2.37. The van der Waals surface area contributed by atoms with Crippen LogP contribution in [-0.2, 0) is 25.7 Å². The number of aliphatic carboxylic acids is 1. The van der Waals surface area contributed by atoms with E-state index < -0.39 is 23.9 Å². The fraction of sp³-hybridized carbons (Fsp3) is 0.310. The number of carboxylic acids is 1. The molecule has 0 bridgehead atoms. The summed E-state index contributed by atoms with van der Waals surface area (Å²) in [4.78, 5) is 43.0. The van der Waals surface area contributed by atoms with E-state index in [1.54, 1.807) is 41.4 Å². The van der Waals surface area contributed by atoms with Crippen LogP contribution in [0.25, 0.3) is 0 Å². The zero-order valence-corrected chi connectivity index (χ0v) is 21.4. The van der Waals surface area contributed by atoms with Gasteiger partial charge in [0.25, 0.3) is 0 Å². The SMILES string of the molecule is O=C(COC1CC(CNc2ccccn2)N(C(=O)OCc2ccccc2)C1)NCC(C(=O)O)c1ccccc1. The summed E-state index contributed by atoms with van der Waals surface area (Å²) >= 11 is 0. The topological polar surface area (TPSA) is 130 Å². The molecule has 0 radical (unpaired) electrons. The number of ether oxygens (including phenoxy) is 2. The molecule has 10 heteroatoms. The summed E-state index contributed by atoms with van der Waals surface area (Å²) in [5.41, 5.74) is 1.49. The maximum atomic E-state index is 13.0. The number of hydrogen-bond acceptors (Lipinski definition) is 7. The van der Waals surface area contributed by atoms with Gasteiger partial charge in [-0.2, -0.15) is 0 Å². The molecule has 2 amide bonds. The molecular weight excluding hydrogens is 500 g/mol. The van der Waals surface area contributed by atoms with E-state index in [4.69, 9.17) is 9.47 Å². The molecule has 1 fully saturated rings. The van der Waals surface area contributed by atoms with Crippen LogP contribution >= 0.6 is 0 Å². The quantitative estimate of drug-likeness (QED) is 0.324. The molecule has 1 aliphatic heterocycles. The summed E-state index contributed by atoms with van der Waals surface area (Å²) < 4.78 is 11.4. The Morgan fingerprint density at radius 3 is 2.41 bits per heavy atom. The first-order valence-electron chi connectivity index (χ1n) is 12.8. The molecule has 2 heterocycles. The lowest BCUT2D eigenvalue weighted by Gasteiger charge is -2.24. The summed E-state index contributed by atoms with van der Waals surface area (Å²) in [5, 5.41) is 15.4. The number of carbonyl (C=O) groups is 3. The second-order valence-electron chi connectivity index (χ2n) is 9.22. The first-order chi connectivity index (χ1) is 19.0. The first kappa shape index (κ1) is 27.6. The van der Waals surface area contributed by atoms with Crippen molar-refractivity contribution in [3.8, 4) is 0 Å². The Labute approximate surface area is 227 Å². The number of carbonyl (C=O) groups excluding carboxylic acids is 2. The lowest BCUT2D eigenvalue weighted by atomic mass is 9.99. The van der Waals surface area contributed by atoms with Crippen molar-refractivity contribution in [2.45, 2.75) is 31.1 Å². The highest BCUT2D eigenvalue weighted by molar-refractivity contribution is 5.80. The third-order valence-corrected chi connectivity index (χ3v) is 6.45. The van der Waals surface area contributed by atoms with Crippen molar-refractivity contribution >= 4 is 23.8 Å². The van der Waals surface area contributed by atoms with Crippen LogP contribution < -0.4 is 10.6 Å². The number of nitrogens with one attached hydrogen (secondary N) is 2. The fourth-order valence-electron chi connectivity index (χ4n) is 4.40. The third-order valence-electron chi connectivity index (χ3n) is 6.45. The Morgan fingerprint density at radius 1 is 1.00 bits per heavy atom. The Kier molecular flexibility index (Phi) is 9.85. The van der Waals surface area contributed by atoms with Gasteiger partial charge in [0.2, 0.25) is 5.91 Å². The van der Waals surface area contributed by atoms with Crippen molar-refractivity contribution in [3.05, 3.63) is 96.2 Å². The molecule has 1 saturated heterocycles. The van der Waals surface area contributed by atoms with Crippen LogP contribution in [0.1, 0.15) is 23.5 Å². The Balaban J connectivity index is 1.30. The van der Waals surface area contributed by atoms with Gasteiger partial charge >= 0.3 is 12.1 Å². The van der Waals surface area contributed by atoms with Gasteiger partial charge in [0.15, 0.2) is 0 Å². The second kappa shape index (κ2) is 13.9. The van der Waals surface area contributed by atoms with E-state index in [2.05, 4.69) is 15.6 Å². The molecule has 3 atom stereocenters. The van der Waals surface area contributed by atoms with Crippen LogP contribution in [0.3, 0.4) is 0 Å². The average Bonchev–Trinajstić information content (AvgIpc) is 3.38. The van der Waals surface area contributed by atoms with Gasteiger partial charge in [0.1, 0.15) is 19.0 Å². The van der Waals surface area contributed by atoms with Crippen LogP contribution in [-0.4, -0.2) is 71.3 Å². The number of carboxylic acid groups (broad SMARTS) is 1. The standard InChI is InChI=1S/C29H32N4O6/c34-27(32-17-25(28(35)36)22-11-5-2-6-12-22)20-38-24-15-23(16-31-26-13-7-8-14-30-26)33(18-24)29(37)39-19-21-9-3-1-4-10-21/h1-14,23-25H,15-20H2,(H,30,31)(H,32,34)(H,35,36). The molecule has 4 rings (SSSR count). The zero-order chi connectivity index (χ0) is 27.5. The highest BCUT2D eigenvalue weighted by Crippen LogP contribution is 2.23. The fourth-order valence-corrected chi connectivity index (χ4v) is 4.40. The Morgan fingerprint density at radius 2 is 1.72 bits per heavy atom. The molecule has 3 unspecified atom stereocenters.